The Bertz CT molecular complexity index is 568. The molecule has 5 nitrogen and oxygen atoms in total. The fourth-order valence-electron chi connectivity index (χ4n) is 3.39. The van der Waals surface area contributed by atoms with Gasteiger partial charge in [0.1, 0.15) is 0 Å². The van der Waals surface area contributed by atoms with Crippen molar-refractivity contribution in [3.8, 4) is 0 Å². The molecule has 2 aliphatic heterocycles. The molecule has 1 aromatic rings. The summed E-state index contributed by atoms with van der Waals surface area (Å²) < 4.78 is 0. The van der Waals surface area contributed by atoms with Crippen LogP contribution in [0.1, 0.15) is 42.3 Å². The third-order valence-electron chi connectivity index (χ3n) is 4.79. The number of piperidine rings is 1. The van der Waals surface area contributed by atoms with Crippen molar-refractivity contribution in [1.82, 2.24) is 15.1 Å². The van der Waals surface area contributed by atoms with E-state index in [9.17, 15) is 9.59 Å². The predicted octanol–water partition coefficient (Wildman–Crippen LogP) is 3.24. The minimum atomic E-state index is -0.124. The van der Waals surface area contributed by atoms with Crippen LogP contribution in [0.4, 0.5) is 4.79 Å². The maximum Gasteiger partial charge on any atom is 0.317 e. The zero-order valence-corrected chi connectivity index (χ0v) is 15.8. The van der Waals surface area contributed by atoms with Gasteiger partial charge in [0, 0.05) is 31.9 Å². The number of hydrogen-bond donors (Lipinski definition) is 1. The van der Waals surface area contributed by atoms with E-state index in [1.807, 2.05) is 34.2 Å². The van der Waals surface area contributed by atoms with E-state index in [-0.39, 0.29) is 16.8 Å². The summed E-state index contributed by atoms with van der Waals surface area (Å²) >= 11 is 3.39. The number of rotatable bonds is 4. The molecule has 2 fully saturated rings. The van der Waals surface area contributed by atoms with Gasteiger partial charge in [0.05, 0.1) is 9.75 Å². The van der Waals surface area contributed by atoms with E-state index in [2.05, 4.69) is 17.1 Å². The number of carbonyl (C=O) groups excluding carboxylic acids is 2. The fourth-order valence-corrected chi connectivity index (χ4v) is 5.51. The van der Waals surface area contributed by atoms with Crippen LogP contribution in [-0.4, -0.2) is 58.5 Å². The first-order chi connectivity index (χ1) is 11.7. The zero-order chi connectivity index (χ0) is 17.0. The van der Waals surface area contributed by atoms with Crippen molar-refractivity contribution >= 4 is 35.0 Å². The van der Waals surface area contributed by atoms with Gasteiger partial charge in [-0.1, -0.05) is 19.4 Å². The van der Waals surface area contributed by atoms with Crippen molar-refractivity contribution in [2.24, 2.45) is 0 Å². The quantitative estimate of drug-likeness (QED) is 0.831. The second-order valence-electron chi connectivity index (χ2n) is 6.30. The van der Waals surface area contributed by atoms with Crippen LogP contribution in [0.2, 0.25) is 0 Å². The number of thiophene rings is 1. The maximum atomic E-state index is 12.8. The molecule has 3 heterocycles. The molecule has 3 amide bonds. The normalized spacial score (nSPS) is 19.7. The number of nitrogens with one attached hydrogen (secondary N) is 1. The second-order valence-corrected chi connectivity index (χ2v) is 8.71. The van der Waals surface area contributed by atoms with E-state index in [4.69, 9.17) is 0 Å². The highest BCUT2D eigenvalue weighted by molar-refractivity contribution is 8.00. The van der Waals surface area contributed by atoms with Crippen LogP contribution in [-0.2, 0) is 0 Å². The molecular formula is C17H25N3O2S2. The zero-order valence-electron chi connectivity index (χ0n) is 14.1. The fraction of sp³-hybridized carbons (Fsp3) is 0.647. The Balaban J connectivity index is 1.59. The molecular weight excluding hydrogens is 342 g/mol. The van der Waals surface area contributed by atoms with Gasteiger partial charge in [0.15, 0.2) is 0 Å². The van der Waals surface area contributed by atoms with Crippen LogP contribution >= 0.6 is 23.1 Å². The van der Waals surface area contributed by atoms with E-state index in [1.54, 1.807) is 0 Å². The van der Waals surface area contributed by atoms with Gasteiger partial charge in [-0.25, -0.2) is 4.79 Å². The number of unbranched alkanes of at least 4 members (excludes halogenated alkanes) is 1. The average Bonchev–Trinajstić information content (AvgIpc) is 3.25. The van der Waals surface area contributed by atoms with Gasteiger partial charge < -0.3 is 15.1 Å². The largest absolute Gasteiger partial charge is 0.338 e. The molecule has 132 valence electrons. The Hall–Kier alpha value is -1.21. The summed E-state index contributed by atoms with van der Waals surface area (Å²) in [5.74, 6) is 1.13. The summed E-state index contributed by atoms with van der Waals surface area (Å²) in [4.78, 5) is 29.6. The second kappa shape index (κ2) is 7.78. The molecule has 0 atom stereocenters. The van der Waals surface area contributed by atoms with Crippen molar-refractivity contribution in [3.63, 3.8) is 0 Å². The van der Waals surface area contributed by atoms with Crippen LogP contribution < -0.4 is 5.32 Å². The van der Waals surface area contributed by atoms with E-state index >= 15 is 0 Å². The van der Waals surface area contributed by atoms with Crippen molar-refractivity contribution in [2.75, 3.05) is 31.9 Å². The smallest absolute Gasteiger partial charge is 0.317 e. The van der Waals surface area contributed by atoms with Crippen LogP contribution in [0.3, 0.4) is 0 Å². The molecule has 2 saturated heterocycles. The summed E-state index contributed by atoms with van der Waals surface area (Å²) in [6.45, 7) is 5.12. The molecule has 0 aromatic carbocycles. The summed E-state index contributed by atoms with van der Waals surface area (Å²) in [5.41, 5.74) is 0. The molecule has 0 radical (unpaired) electrons. The van der Waals surface area contributed by atoms with Gasteiger partial charge >= 0.3 is 6.03 Å². The van der Waals surface area contributed by atoms with Crippen molar-refractivity contribution in [2.45, 2.75) is 37.5 Å². The van der Waals surface area contributed by atoms with Crippen molar-refractivity contribution in [1.29, 1.82) is 0 Å². The number of hydrogen-bond acceptors (Lipinski definition) is 4. The van der Waals surface area contributed by atoms with Crippen molar-refractivity contribution < 1.29 is 9.59 Å². The molecule has 24 heavy (non-hydrogen) atoms. The molecule has 0 saturated carbocycles. The highest BCUT2D eigenvalue weighted by Gasteiger charge is 2.47. The van der Waals surface area contributed by atoms with Gasteiger partial charge in [0.25, 0.3) is 5.91 Å². The lowest BCUT2D eigenvalue weighted by molar-refractivity contribution is 0.0586. The molecule has 1 aromatic heterocycles. The molecule has 0 aliphatic carbocycles. The van der Waals surface area contributed by atoms with Crippen LogP contribution in [0, 0.1) is 0 Å². The lowest BCUT2D eigenvalue weighted by Crippen LogP contribution is -2.55. The Morgan fingerprint density at radius 2 is 2.08 bits per heavy atom. The highest BCUT2D eigenvalue weighted by Crippen LogP contribution is 2.44. The molecule has 3 rings (SSSR count). The number of nitrogens with zero attached hydrogens (tertiary/aromatic N) is 2. The molecule has 1 spiro atoms. The maximum absolute atomic E-state index is 12.8. The van der Waals surface area contributed by atoms with Gasteiger partial charge in [-0.05, 0) is 30.7 Å². The molecule has 0 unspecified atom stereocenters. The Kier molecular flexibility index (Phi) is 5.71. The molecule has 7 heteroatoms. The highest BCUT2D eigenvalue weighted by atomic mass is 32.2. The first-order valence-electron chi connectivity index (χ1n) is 8.68. The Morgan fingerprint density at radius 1 is 1.29 bits per heavy atom. The number of thioether (sulfide) groups is 1. The number of urea groups is 1. The Morgan fingerprint density at radius 3 is 2.75 bits per heavy atom. The van der Waals surface area contributed by atoms with Crippen LogP contribution in [0.25, 0.3) is 0 Å². The van der Waals surface area contributed by atoms with Gasteiger partial charge in [-0.3, -0.25) is 4.79 Å². The SMILES string of the molecule is CCCCNC(=O)N1CCC2(CC1)SCCN2C(=O)c1cccs1. The van der Waals surface area contributed by atoms with Crippen LogP contribution in [0.15, 0.2) is 17.5 Å². The van der Waals surface area contributed by atoms with E-state index in [0.29, 0.717) is 0 Å². The standard InChI is InChI=1S/C17H25N3O2S2/c1-2-3-8-18-16(22)19-9-6-17(7-10-19)20(11-13-24-17)15(21)14-5-4-12-23-14/h4-5,12H,2-3,6-11,13H2,1H3,(H,18,22). The van der Waals surface area contributed by atoms with Gasteiger partial charge in [-0.2, -0.15) is 0 Å². The van der Waals surface area contributed by atoms with E-state index in [1.165, 1.54) is 11.3 Å². The third-order valence-corrected chi connectivity index (χ3v) is 7.20. The van der Waals surface area contributed by atoms with Gasteiger partial charge in [-0.15, -0.1) is 23.1 Å². The minimum absolute atomic E-state index is 0.0393. The van der Waals surface area contributed by atoms with Crippen LogP contribution in [0.5, 0.6) is 0 Å². The topological polar surface area (TPSA) is 52.7 Å². The first-order valence-corrected chi connectivity index (χ1v) is 10.5. The van der Waals surface area contributed by atoms with E-state index in [0.717, 1.165) is 62.5 Å². The molecule has 2 aliphatic rings. The predicted molar refractivity (Wildman–Crippen MR) is 99.7 cm³/mol. The first kappa shape index (κ1) is 17.6. The minimum Gasteiger partial charge on any atom is -0.338 e. The lowest BCUT2D eigenvalue weighted by Gasteiger charge is -2.43. The molecule has 1 N–H and O–H groups in total. The number of likely N-dealkylation sites (tertiary alicyclic amines) is 1. The summed E-state index contributed by atoms with van der Waals surface area (Å²) in [6, 6.07) is 3.87. The summed E-state index contributed by atoms with van der Waals surface area (Å²) in [7, 11) is 0. The molecule has 0 bridgehead atoms. The number of carbonyl (C=O) groups is 2. The third kappa shape index (κ3) is 3.57. The number of amides is 3. The lowest BCUT2D eigenvalue weighted by atomic mass is 10.0. The average molecular weight is 368 g/mol. The Labute approximate surface area is 151 Å². The monoisotopic (exact) mass is 367 g/mol. The van der Waals surface area contributed by atoms with E-state index < -0.39 is 0 Å². The summed E-state index contributed by atoms with van der Waals surface area (Å²) in [5, 5.41) is 4.94. The van der Waals surface area contributed by atoms with Gasteiger partial charge in [0.2, 0.25) is 0 Å². The van der Waals surface area contributed by atoms with Crippen molar-refractivity contribution in [3.05, 3.63) is 22.4 Å². The summed E-state index contributed by atoms with van der Waals surface area (Å²) in [6.07, 6.45) is 3.81.